The summed E-state index contributed by atoms with van der Waals surface area (Å²) in [5, 5.41) is 3.06. The summed E-state index contributed by atoms with van der Waals surface area (Å²) >= 11 is 0. The number of H-pyrrole nitrogens is 1. The second-order valence-corrected chi connectivity index (χ2v) is 9.84. The van der Waals surface area contributed by atoms with Crippen molar-refractivity contribution in [2.45, 2.75) is 38.1 Å². The summed E-state index contributed by atoms with van der Waals surface area (Å²) in [5.74, 6) is -1.56. The lowest BCUT2D eigenvalue weighted by molar-refractivity contribution is -0.127. The largest absolute Gasteiger partial charge is 0.365 e. The topological polar surface area (TPSA) is 125 Å². The minimum atomic E-state index is -0.802. The van der Waals surface area contributed by atoms with Gasteiger partial charge < -0.3 is 20.9 Å². The summed E-state index contributed by atoms with van der Waals surface area (Å²) in [5.41, 5.74) is 11.9. The van der Waals surface area contributed by atoms with Crippen molar-refractivity contribution in [3.63, 3.8) is 0 Å². The maximum Gasteiger partial charge on any atom is 0.261 e. The monoisotopic (exact) mass is 482 g/mol. The van der Waals surface area contributed by atoms with Gasteiger partial charge in [0, 0.05) is 24.3 Å². The summed E-state index contributed by atoms with van der Waals surface area (Å²) in [6.07, 6.45) is 3.10. The van der Waals surface area contributed by atoms with E-state index in [9.17, 15) is 19.2 Å². The number of nitrogens with two attached hydrogens (primary N) is 1. The van der Waals surface area contributed by atoms with Crippen molar-refractivity contribution in [2.75, 3.05) is 11.4 Å². The van der Waals surface area contributed by atoms with Gasteiger partial charge in [0.1, 0.15) is 5.56 Å². The van der Waals surface area contributed by atoms with Crippen LogP contribution in [0.15, 0.2) is 53.3 Å². The molecule has 0 bridgehead atoms. The summed E-state index contributed by atoms with van der Waals surface area (Å²) in [6.45, 7) is 0.314. The molecule has 1 aliphatic heterocycles. The standard InChI is InChI=1S/C28H26N4O4/c29-26(34)22-13-21-23(6-3-7-24(21)31-28(22)36)30-27(35)17-12-25(33)32(14-17)18-8-9-20-16(11-18)10-15-4-1-2-5-19(15)20/h1-2,4-5,8-9,11,13,17,23H,3,6-7,10,12,14H2,(H2,29,34)(H,30,35)(H,31,36). The number of nitrogens with zero attached hydrogens (tertiary/aromatic N) is 1. The van der Waals surface area contributed by atoms with E-state index in [0.29, 0.717) is 30.6 Å². The molecular weight excluding hydrogens is 456 g/mol. The first-order valence-electron chi connectivity index (χ1n) is 12.3. The van der Waals surface area contributed by atoms with Crippen molar-refractivity contribution in [2.24, 2.45) is 11.7 Å². The maximum absolute atomic E-state index is 13.2. The molecule has 2 atom stereocenters. The molecule has 182 valence electrons. The van der Waals surface area contributed by atoms with Gasteiger partial charge in [0.2, 0.25) is 11.8 Å². The minimum absolute atomic E-state index is 0.0741. The number of aromatic amines is 1. The molecule has 1 fully saturated rings. The molecule has 0 saturated carbocycles. The first-order chi connectivity index (χ1) is 17.4. The molecule has 0 radical (unpaired) electrons. The molecule has 6 rings (SSSR count). The Morgan fingerprint density at radius 2 is 1.83 bits per heavy atom. The second kappa shape index (κ2) is 8.48. The zero-order valence-electron chi connectivity index (χ0n) is 19.7. The first-order valence-corrected chi connectivity index (χ1v) is 12.3. The molecule has 2 aliphatic carbocycles. The van der Waals surface area contributed by atoms with E-state index in [1.54, 1.807) is 4.90 Å². The predicted molar refractivity (Wildman–Crippen MR) is 135 cm³/mol. The van der Waals surface area contributed by atoms with Crippen molar-refractivity contribution in [3.8, 4) is 11.1 Å². The number of aryl methyl sites for hydroxylation is 1. The predicted octanol–water partition coefficient (Wildman–Crippen LogP) is 2.59. The summed E-state index contributed by atoms with van der Waals surface area (Å²) in [7, 11) is 0. The number of primary amides is 1. The number of rotatable bonds is 4. The van der Waals surface area contributed by atoms with Crippen LogP contribution in [-0.4, -0.2) is 29.3 Å². The Morgan fingerprint density at radius 1 is 1.03 bits per heavy atom. The Morgan fingerprint density at radius 3 is 2.67 bits per heavy atom. The smallest absolute Gasteiger partial charge is 0.261 e. The van der Waals surface area contributed by atoms with Crippen LogP contribution in [0.25, 0.3) is 11.1 Å². The highest BCUT2D eigenvalue weighted by Crippen LogP contribution is 2.39. The highest BCUT2D eigenvalue weighted by Gasteiger charge is 2.37. The normalized spacial score (nSPS) is 20.0. The summed E-state index contributed by atoms with van der Waals surface area (Å²) in [6, 6.07) is 15.5. The van der Waals surface area contributed by atoms with Gasteiger partial charge in [-0.3, -0.25) is 19.2 Å². The fourth-order valence-corrected chi connectivity index (χ4v) is 5.80. The molecule has 3 aliphatic rings. The number of carbonyl (C=O) groups is 3. The van der Waals surface area contributed by atoms with E-state index in [2.05, 4.69) is 34.6 Å². The number of hydrogen-bond acceptors (Lipinski definition) is 4. The van der Waals surface area contributed by atoms with Crippen LogP contribution in [0.3, 0.4) is 0 Å². The number of fused-ring (bicyclic) bond motifs is 4. The molecule has 2 heterocycles. The third-order valence-corrected chi connectivity index (χ3v) is 7.62. The van der Waals surface area contributed by atoms with Gasteiger partial charge in [0.15, 0.2) is 0 Å². The lowest BCUT2D eigenvalue weighted by atomic mass is 9.89. The Labute approximate surface area is 207 Å². The quantitative estimate of drug-likeness (QED) is 0.413. The number of carbonyl (C=O) groups excluding carboxylic acids is 3. The highest BCUT2D eigenvalue weighted by atomic mass is 16.2. The first kappa shape index (κ1) is 22.3. The van der Waals surface area contributed by atoms with Crippen molar-refractivity contribution >= 4 is 23.4 Å². The molecular formula is C28H26N4O4. The molecule has 2 unspecified atom stereocenters. The van der Waals surface area contributed by atoms with E-state index in [-0.39, 0.29) is 29.8 Å². The molecule has 3 amide bonds. The van der Waals surface area contributed by atoms with E-state index < -0.39 is 17.4 Å². The summed E-state index contributed by atoms with van der Waals surface area (Å²) < 4.78 is 0. The molecule has 0 spiro atoms. The van der Waals surface area contributed by atoms with Crippen LogP contribution in [0.5, 0.6) is 0 Å². The fourth-order valence-electron chi connectivity index (χ4n) is 5.80. The van der Waals surface area contributed by atoms with Crippen LogP contribution in [0.1, 0.15) is 58.0 Å². The summed E-state index contributed by atoms with van der Waals surface area (Å²) in [4.78, 5) is 54.4. The third-order valence-electron chi connectivity index (χ3n) is 7.62. The van der Waals surface area contributed by atoms with E-state index in [4.69, 9.17) is 5.73 Å². The highest BCUT2D eigenvalue weighted by molar-refractivity contribution is 6.01. The van der Waals surface area contributed by atoms with Gasteiger partial charge in [-0.2, -0.15) is 0 Å². The average molecular weight is 483 g/mol. The van der Waals surface area contributed by atoms with Crippen molar-refractivity contribution < 1.29 is 14.4 Å². The number of anilines is 1. The molecule has 8 heteroatoms. The van der Waals surface area contributed by atoms with Crippen molar-refractivity contribution in [1.29, 1.82) is 0 Å². The number of pyridine rings is 1. The van der Waals surface area contributed by atoms with Crippen molar-refractivity contribution in [1.82, 2.24) is 10.3 Å². The number of amides is 3. The van der Waals surface area contributed by atoms with Crippen molar-refractivity contribution in [3.05, 3.63) is 86.8 Å². The van der Waals surface area contributed by atoms with Gasteiger partial charge in [-0.15, -0.1) is 0 Å². The Hall–Kier alpha value is -4.20. The minimum Gasteiger partial charge on any atom is -0.365 e. The Kier molecular flexibility index (Phi) is 5.25. The number of nitrogens with one attached hydrogen (secondary N) is 2. The SMILES string of the molecule is NC(=O)c1cc2c([nH]c1=O)CCCC2NC(=O)C1CC(=O)N(c2ccc3c(c2)Cc2ccccc2-3)C1. The lowest BCUT2D eigenvalue weighted by Gasteiger charge is -2.27. The molecule has 1 saturated heterocycles. The molecule has 8 nitrogen and oxygen atoms in total. The number of aromatic nitrogens is 1. The lowest BCUT2D eigenvalue weighted by Crippen LogP contribution is -2.38. The van der Waals surface area contributed by atoms with Gasteiger partial charge in [-0.1, -0.05) is 30.3 Å². The van der Waals surface area contributed by atoms with E-state index in [0.717, 1.165) is 18.5 Å². The van der Waals surface area contributed by atoms with Gasteiger partial charge in [-0.25, -0.2) is 0 Å². The number of benzene rings is 2. The van der Waals surface area contributed by atoms with Crippen LogP contribution < -0.4 is 21.5 Å². The maximum atomic E-state index is 13.2. The van der Waals surface area contributed by atoms with Gasteiger partial charge >= 0.3 is 0 Å². The van der Waals surface area contributed by atoms with E-state index >= 15 is 0 Å². The second-order valence-electron chi connectivity index (χ2n) is 9.84. The zero-order chi connectivity index (χ0) is 25.0. The Bertz CT molecular complexity index is 1490. The van der Waals surface area contributed by atoms with Gasteiger partial charge in [-0.05, 0) is 71.7 Å². The average Bonchev–Trinajstić information content (AvgIpc) is 3.43. The van der Waals surface area contributed by atoms with Crippen LogP contribution >= 0.6 is 0 Å². The fraction of sp³-hybridized carbons (Fsp3) is 0.286. The molecule has 1 aromatic heterocycles. The zero-order valence-corrected chi connectivity index (χ0v) is 19.7. The van der Waals surface area contributed by atoms with E-state index in [1.165, 1.54) is 28.3 Å². The van der Waals surface area contributed by atoms with Crippen LogP contribution in [-0.2, 0) is 22.4 Å². The Balaban J connectivity index is 1.19. The molecule has 2 aromatic carbocycles. The molecule has 4 N–H and O–H groups in total. The van der Waals surface area contributed by atoms with Crippen LogP contribution in [0.4, 0.5) is 5.69 Å². The van der Waals surface area contributed by atoms with E-state index in [1.807, 2.05) is 18.2 Å². The third kappa shape index (κ3) is 3.69. The van der Waals surface area contributed by atoms with Gasteiger partial charge in [0.05, 0.1) is 12.0 Å². The molecule has 3 aromatic rings. The van der Waals surface area contributed by atoms with Gasteiger partial charge in [0.25, 0.3) is 11.5 Å². The number of hydrogen-bond donors (Lipinski definition) is 3. The molecule has 36 heavy (non-hydrogen) atoms. The van der Waals surface area contributed by atoms with Crippen LogP contribution in [0.2, 0.25) is 0 Å². The van der Waals surface area contributed by atoms with Crippen LogP contribution in [0, 0.1) is 5.92 Å².